The van der Waals surface area contributed by atoms with Crippen molar-refractivity contribution < 1.29 is 0 Å². The lowest BCUT2D eigenvalue weighted by atomic mass is 9.66. The highest BCUT2D eigenvalue weighted by Crippen LogP contribution is 2.45. The topological polar surface area (TPSA) is 0 Å². The number of hydrogen-bond acceptors (Lipinski definition) is 0. The van der Waals surface area contributed by atoms with Crippen molar-refractivity contribution in [3.8, 4) is 0 Å². The van der Waals surface area contributed by atoms with Gasteiger partial charge in [0.2, 0.25) is 0 Å². The first-order valence-corrected chi connectivity index (χ1v) is 7.26. The third-order valence-corrected chi connectivity index (χ3v) is 5.14. The zero-order chi connectivity index (χ0) is 10.8. The van der Waals surface area contributed by atoms with Gasteiger partial charge in [-0.2, -0.15) is 0 Å². The average molecular weight is 229 g/mol. The highest BCUT2D eigenvalue weighted by Gasteiger charge is 2.37. The van der Waals surface area contributed by atoms with E-state index in [-0.39, 0.29) is 0 Å². The van der Waals surface area contributed by atoms with Gasteiger partial charge < -0.3 is 0 Å². The van der Waals surface area contributed by atoms with Crippen LogP contribution in [0.3, 0.4) is 0 Å². The zero-order valence-corrected chi connectivity index (χ0v) is 11.0. The number of hydrogen-bond donors (Lipinski definition) is 0. The maximum absolute atomic E-state index is 6.61. The fourth-order valence-corrected chi connectivity index (χ4v) is 4.82. The molecule has 4 unspecified atom stereocenters. The molecule has 0 aromatic carbocycles. The predicted octanol–water partition coefficient (Wildman–Crippen LogP) is 4.86. The fraction of sp³-hybridized carbons (Fsp3) is 1.00. The standard InChI is InChI=1S/C14H25Cl/c1-10-8-11(2)14(13(15)9-10)12-6-4-3-5-7-12/h10-14H,3-9H2,1-2H3. The molecule has 1 heteroatoms. The Balaban J connectivity index is 1.99. The Morgan fingerprint density at radius 2 is 1.60 bits per heavy atom. The van der Waals surface area contributed by atoms with Gasteiger partial charge in [0.15, 0.2) is 0 Å². The van der Waals surface area contributed by atoms with E-state index in [1.54, 1.807) is 0 Å². The van der Waals surface area contributed by atoms with E-state index in [0.717, 1.165) is 23.7 Å². The number of halogens is 1. The Labute approximate surface area is 99.8 Å². The van der Waals surface area contributed by atoms with Crippen LogP contribution in [0.5, 0.6) is 0 Å². The SMILES string of the molecule is CC1CC(C)C(C2CCCCC2)C(Cl)C1. The molecule has 2 rings (SSSR count). The fourth-order valence-electron chi connectivity index (χ4n) is 4.07. The van der Waals surface area contributed by atoms with E-state index < -0.39 is 0 Å². The van der Waals surface area contributed by atoms with Crippen molar-refractivity contribution in [3.63, 3.8) is 0 Å². The minimum absolute atomic E-state index is 0.465. The Kier molecular flexibility index (Phi) is 3.98. The second-order valence-corrected chi connectivity index (χ2v) is 6.61. The third-order valence-electron chi connectivity index (χ3n) is 4.67. The van der Waals surface area contributed by atoms with Crippen LogP contribution in [0, 0.1) is 23.7 Å². The van der Waals surface area contributed by atoms with E-state index in [1.165, 1.54) is 44.9 Å². The molecular weight excluding hydrogens is 204 g/mol. The highest BCUT2D eigenvalue weighted by atomic mass is 35.5. The number of rotatable bonds is 1. The molecule has 0 saturated heterocycles. The normalized spacial score (nSPS) is 44.2. The molecule has 0 aromatic rings. The van der Waals surface area contributed by atoms with Gasteiger partial charge in [0.1, 0.15) is 0 Å². The lowest BCUT2D eigenvalue weighted by Gasteiger charge is -2.42. The van der Waals surface area contributed by atoms with Crippen molar-refractivity contribution >= 4 is 11.6 Å². The molecular formula is C14H25Cl. The summed E-state index contributed by atoms with van der Waals surface area (Å²) < 4.78 is 0. The van der Waals surface area contributed by atoms with Gasteiger partial charge in [-0.25, -0.2) is 0 Å². The lowest BCUT2D eigenvalue weighted by molar-refractivity contribution is 0.119. The molecule has 0 nitrogen and oxygen atoms in total. The zero-order valence-electron chi connectivity index (χ0n) is 10.2. The lowest BCUT2D eigenvalue weighted by Crippen LogP contribution is -2.37. The first-order valence-electron chi connectivity index (χ1n) is 6.82. The summed E-state index contributed by atoms with van der Waals surface area (Å²) >= 11 is 6.61. The Hall–Kier alpha value is 0.290. The monoisotopic (exact) mass is 228 g/mol. The quantitative estimate of drug-likeness (QED) is 0.563. The van der Waals surface area contributed by atoms with Crippen molar-refractivity contribution in [1.29, 1.82) is 0 Å². The molecule has 0 spiro atoms. The van der Waals surface area contributed by atoms with E-state index in [0.29, 0.717) is 5.38 Å². The van der Waals surface area contributed by atoms with E-state index in [4.69, 9.17) is 11.6 Å². The summed E-state index contributed by atoms with van der Waals surface area (Å²) in [5.41, 5.74) is 0. The van der Waals surface area contributed by atoms with Crippen LogP contribution in [0.15, 0.2) is 0 Å². The Morgan fingerprint density at radius 1 is 0.933 bits per heavy atom. The van der Waals surface area contributed by atoms with Gasteiger partial charge in [-0.15, -0.1) is 11.6 Å². The molecule has 15 heavy (non-hydrogen) atoms. The van der Waals surface area contributed by atoms with Crippen LogP contribution in [0.1, 0.15) is 58.8 Å². The summed E-state index contributed by atoms with van der Waals surface area (Å²) in [7, 11) is 0. The van der Waals surface area contributed by atoms with Gasteiger partial charge in [-0.3, -0.25) is 0 Å². The van der Waals surface area contributed by atoms with Crippen LogP contribution in [-0.2, 0) is 0 Å². The molecule has 4 atom stereocenters. The molecule has 2 aliphatic carbocycles. The summed E-state index contributed by atoms with van der Waals surface area (Å²) in [5.74, 6) is 3.48. The van der Waals surface area contributed by atoms with Crippen LogP contribution in [0.2, 0.25) is 0 Å². The molecule has 0 aromatic heterocycles. The van der Waals surface area contributed by atoms with Crippen molar-refractivity contribution in [2.45, 2.75) is 64.2 Å². The molecule has 0 bridgehead atoms. The molecule has 0 N–H and O–H groups in total. The average Bonchev–Trinajstić information content (AvgIpc) is 2.17. The first kappa shape index (κ1) is 11.8. The Bertz CT molecular complexity index is 184. The minimum Gasteiger partial charge on any atom is -0.123 e. The van der Waals surface area contributed by atoms with Crippen LogP contribution in [0.25, 0.3) is 0 Å². The van der Waals surface area contributed by atoms with Crippen LogP contribution in [-0.4, -0.2) is 5.38 Å². The number of alkyl halides is 1. The maximum Gasteiger partial charge on any atom is 0.0372 e. The van der Waals surface area contributed by atoms with E-state index in [1.807, 2.05) is 0 Å². The Morgan fingerprint density at radius 3 is 2.20 bits per heavy atom. The molecule has 0 radical (unpaired) electrons. The predicted molar refractivity (Wildman–Crippen MR) is 67.3 cm³/mol. The van der Waals surface area contributed by atoms with Crippen molar-refractivity contribution in [1.82, 2.24) is 0 Å². The minimum atomic E-state index is 0.465. The molecule has 2 fully saturated rings. The van der Waals surface area contributed by atoms with Gasteiger partial charge in [-0.1, -0.05) is 46.0 Å². The van der Waals surface area contributed by atoms with Gasteiger partial charge in [-0.05, 0) is 36.5 Å². The summed E-state index contributed by atoms with van der Waals surface area (Å²) in [6.45, 7) is 4.80. The van der Waals surface area contributed by atoms with Crippen molar-refractivity contribution in [2.75, 3.05) is 0 Å². The molecule has 88 valence electrons. The first-order chi connectivity index (χ1) is 7.18. The summed E-state index contributed by atoms with van der Waals surface area (Å²) in [4.78, 5) is 0. The van der Waals surface area contributed by atoms with Crippen molar-refractivity contribution in [3.05, 3.63) is 0 Å². The summed E-state index contributed by atoms with van der Waals surface area (Å²) in [6.07, 6.45) is 9.93. The smallest absolute Gasteiger partial charge is 0.0372 e. The second-order valence-electron chi connectivity index (χ2n) is 6.05. The molecule has 0 heterocycles. The molecule has 2 aliphatic rings. The largest absolute Gasteiger partial charge is 0.123 e. The molecule has 0 aliphatic heterocycles. The molecule has 2 saturated carbocycles. The summed E-state index contributed by atoms with van der Waals surface area (Å²) in [5, 5.41) is 0.465. The van der Waals surface area contributed by atoms with Crippen LogP contribution in [0.4, 0.5) is 0 Å². The van der Waals surface area contributed by atoms with Crippen LogP contribution >= 0.6 is 11.6 Å². The van der Waals surface area contributed by atoms with Crippen molar-refractivity contribution in [2.24, 2.45) is 23.7 Å². The second kappa shape index (κ2) is 5.08. The maximum atomic E-state index is 6.61. The van der Waals surface area contributed by atoms with E-state index in [2.05, 4.69) is 13.8 Å². The van der Waals surface area contributed by atoms with Gasteiger partial charge in [0.05, 0.1) is 0 Å². The third kappa shape index (κ3) is 2.70. The van der Waals surface area contributed by atoms with E-state index in [9.17, 15) is 0 Å². The van der Waals surface area contributed by atoms with Crippen LogP contribution < -0.4 is 0 Å². The summed E-state index contributed by atoms with van der Waals surface area (Å²) in [6, 6.07) is 0. The van der Waals surface area contributed by atoms with Gasteiger partial charge in [0.25, 0.3) is 0 Å². The van der Waals surface area contributed by atoms with E-state index >= 15 is 0 Å². The highest BCUT2D eigenvalue weighted by molar-refractivity contribution is 6.20. The van der Waals surface area contributed by atoms with Gasteiger partial charge >= 0.3 is 0 Å². The molecule has 0 amide bonds. The van der Waals surface area contributed by atoms with Gasteiger partial charge in [0, 0.05) is 5.38 Å².